The zero-order valence-electron chi connectivity index (χ0n) is 41.1. The van der Waals surface area contributed by atoms with E-state index in [4.69, 9.17) is 18.9 Å². The molecule has 0 aliphatic rings. The number of carbonyl (C=O) groups is 4. The van der Waals surface area contributed by atoms with Crippen LogP contribution in [0.3, 0.4) is 0 Å². The Bertz CT molecular complexity index is 1320. The zero-order valence-corrected chi connectivity index (χ0v) is 45.5. The van der Waals surface area contributed by atoms with E-state index >= 15 is 0 Å². The first-order valence-corrected chi connectivity index (χ1v) is 25.0. The van der Waals surface area contributed by atoms with Gasteiger partial charge in [0.05, 0.1) is 25.4 Å². The van der Waals surface area contributed by atoms with Crippen LogP contribution >= 0.6 is 0 Å². The van der Waals surface area contributed by atoms with E-state index in [2.05, 4.69) is 38.1 Å². The van der Waals surface area contributed by atoms with Crippen molar-refractivity contribution in [2.75, 3.05) is 0 Å². The molecule has 0 heterocycles. The van der Waals surface area contributed by atoms with Crippen LogP contribution in [0.25, 0.3) is 0 Å². The Hall–Kier alpha value is -2.19. The fraction of sp³-hybridized carbons (Fsp3) is 0.704. The SMILES string of the molecule is CC(=O)OC(CCCCCCCCCCCC(C)OCc1ccccc1)CCCC(=O)[O-].CC(=O)OC(CCCCCCCCCCCC(C)OCc1ccccc1)CCCC(=O)[O-].[Ba+2]. The summed E-state index contributed by atoms with van der Waals surface area (Å²) in [6.45, 7) is 8.54. The van der Waals surface area contributed by atoms with Crippen molar-refractivity contribution in [3.8, 4) is 0 Å². The molecule has 4 atom stereocenters. The monoisotopic (exact) mass is 1030 g/mol. The van der Waals surface area contributed by atoms with Gasteiger partial charge in [0.2, 0.25) is 0 Å². The van der Waals surface area contributed by atoms with Crippen molar-refractivity contribution in [2.45, 2.75) is 245 Å². The molecule has 0 fully saturated rings. The number of hydrogen-bond donors (Lipinski definition) is 0. The van der Waals surface area contributed by atoms with Crippen LogP contribution in [0.2, 0.25) is 0 Å². The van der Waals surface area contributed by atoms with Crippen LogP contribution in [0.4, 0.5) is 0 Å². The van der Waals surface area contributed by atoms with Gasteiger partial charge in [-0.25, -0.2) is 0 Å². The van der Waals surface area contributed by atoms with Crippen molar-refractivity contribution in [3.05, 3.63) is 71.8 Å². The maximum atomic E-state index is 11.2. The molecule has 0 aromatic heterocycles. The molecular formula is C54H86BaO10. The van der Waals surface area contributed by atoms with Crippen molar-refractivity contribution in [2.24, 2.45) is 0 Å². The number of unbranched alkanes of at least 4 members (excludes halogenated alkanes) is 16. The molecule has 0 bridgehead atoms. The van der Waals surface area contributed by atoms with Gasteiger partial charge >= 0.3 is 60.8 Å². The number of ether oxygens (including phenoxy) is 4. The second-order valence-electron chi connectivity index (χ2n) is 17.7. The second kappa shape index (κ2) is 44.3. The summed E-state index contributed by atoms with van der Waals surface area (Å²) in [6, 6.07) is 20.7. The molecule has 11 heteroatoms. The summed E-state index contributed by atoms with van der Waals surface area (Å²) in [5, 5.41) is 21.1. The van der Waals surface area contributed by atoms with E-state index in [0.717, 1.165) is 51.4 Å². The summed E-state index contributed by atoms with van der Waals surface area (Å²) in [5.41, 5.74) is 2.47. The van der Waals surface area contributed by atoms with E-state index in [1.54, 1.807) is 0 Å². The molecule has 0 saturated heterocycles. The number of carboxylic acids is 2. The van der Waals surface area contributed by atoms with Crippen molar-refractivity contribution < 1.29 is 48.3 Å². The Morgan fingerprint density at radius 1 is 0.415 bits per heavy atom. The summed E-state index contributed by atoms with van der Waals surface area (Å²) < 4.78 is 22.5. The minimum absolute atomic E-state index is 0. The van der Waals surface area contributed by atoms with Crippen molar-refractivity contribution >= 4 is 72.8 Å². The summed E-state index contributed by atoms with van der Waals surface area (Å²) in [5.74, 6) is -2.67. The minimum Gasteiger partial charge on any atom is -0.550 e. The largest absolute Gasteiger partial charge is 2.00 e. The molecule has 0 N–H and O–H groups in total. The molecular weight excluding hydrogens is 946 g/mol. The Morgan fingerprint density at radius 3 is 0.954 bits per heavy atom. The van der Waals surface area contributed by atoms with Crippen LogP contribution in [0, 0.1) is 0 Å². The molecule has 2 aromatic rings. The normalized spacial score (nSPS) is 12.7. The maximum Gasteiger partial charge on any atom is 2.00 e. The van der Waals surface area contributed by atoms with Gasteiger partial charge in [0.15, 0.2) is 0 Å². The van der Waals surface area contributed by atoms with E-state index in [9.17, 15) is 29.4 Å². The molecule has 0 radical (unpaired) electrons. The first kappa shape index (κ1) is 62.8. The van der Waals surface area contributed by atoms with Crippen LogP contribution in [0.15, 0.2) is 60.7 Å². The predicted molar refractivity (Wildman–Crippen MR) is 258 cm³/mol. The van der Waals surface area contributed by atoms with Crippen molar-refractivity contribution in [1.29, 1.82) is 0 Å². The molecule has 65 heavy (non-hydrogen) atoms. The number of benzene rings is 2. The third-order valence-electron chi connectivity index (χ3n) is 11.5. The Morgan fingerprint density at radius 2 is 0.677 bits per heavy atom. The van der Waals surface area contributed by atoms with Crippen LogP contribution in [-0.4, -0.2) is 97.2 Å². The summed E-state index contributed by atoms with van der Waals surface area (Å²) in [6.07, 6.45) is 28.4. The van der Waals surface area contributed by atoms with Crippen molar-refractivity contribution in [3.63, 3.8) is 0 Å². The molecule has 0 spiro atoms. The average Bonchev–Trinajstić information content (AvgIpc) is 3.26. The van der Waals surface area contributed by atoms with Crippen LogP contribution < -0.4 is 10.2 Å². The van der Waals surface area contributed by atoms with E-state index in [1.807, 2.05) is 36.4 Å². The number of carbonyl (C=O) groups excluding carboxylic acids is 4. The van der Waals surface area contributed by atoms with Gasteiger partial charge in [0.25, 0.3) is 0 Å². The second-order valence-corrected chi connectivity index (χ2v) is 17.7. The molecule has 2 aromatic carbocycles. The maximum absolute atomic E-state index is 11.2. The average molecular weight is 1030 g/mol. The van der Waals surface area contributed by atoms with Crippen LogP contribution in [0.5, 0.6) is 0 Å². The van der Waals surface area contributed by atoms with Gasteiger partial charge in [0.1, 0.15) is 12.2 Å². The Kier molecular flexibility index (Phi) is 42.8. The molecule has 4 unspecified atom stereocenters. The first-order chi connectivity index (χ1) is 30.9. The van der Waals surface area contributed by atoms with Gasteiger partial charge in [-0.05, 0) is 102 Å². The smallest absolute Gasteiger partial charge is 0.550 e. The molecule has 364 valence electrons. The van der Waals surface area contributed by atoms with Crippen molar-refractivity contribution in [1.82, 2.24) is 0 Å². The molecule has 0 amide bonds. The minimum atomic E-state index is -1.04. The van der Waals surface area contributed by atoms with Gasteiger partial charge < -0.3 is 38.7 Å². The van der Waals surface area contributed by atoms with Gasteiger partial charge in [-0.3, -0.25) is 9.59 Å². The molecule has 0 aliphatic carbocycles. The summed E-state index contributed by atoms with van der Waals surface area (Å²) in [7, 11) is 0. The standard InChI is InChI=1S/2C27H44O5.Ba/c2*1-23(31-22-25-17-12-10-13-18-25)16-11-8-6-4-3-5-7-9-14-19-26(32-24(2)28)20-15-21-27(29)30;/h2*10,12-13,17-18,23,26H,3-9,11,14-16,19-22H2,1-2H3,(H,29,30);/q;;+2/p-2. The van der Waals surface area contributed by atoms with Gasteiger partial charge in [0, 0.05) is 25.8 Å². The number of aliphatic carboxylic acids is 2. The van der Waals surface area contributed by atoms with E-state index < -0.39 is 11.9 Å². The van der Waals surface area contributed by atoms with Crippen LogP contribution in [-0.2, 0) is 51.3 Å². The number of carboxylic acid groups (broad SMARTS) is 2. The molecule has 10 nitrogen and oxygen atoms in total. The molecule has 0 aliphatic heterocycles. The van der Waals surface area contributed by atoms with E-state index in [1.165, 1.54) is 115 Å². The van der Waals surface area contributed by atoms with Gasteiger partial charge in [-0.2, -0.15) is 0 Å². The van der Waals surface area contributed by atoms with E-state index in [-0.39, 0.29) is 85.9 Å². The third-order valence-corrected chi connectivity index (χ3v) is 11.5. The quantitative estimate of drug-likeness (QED) is 0.0358. The Labute approximate surface area is 434 Å². The fourth-order valence-electron chi connectivity index (χ4n) is 7.82. The number of esters is 2. The third kappa shape index (κ3) is 42.9. The Balaban J connectivity index is 0.00000124. The van der Waals surface area contributed by atoms with Gasteiger partial charge in [-0.15, -0.1) is 0 Å². The number of hydrogen-bond acceptors (Lipinski definition) is 10. The first-order valence-electron chi connectivity index (χ1n) is 25.0. The molecule has 2 rings (SSSR count). The zero-order chi connectivity index (χ0) is 46.9. The summed E-state index contributed by atoms with van der Waals surface area (Å²) in [4.78, 5) is 43.5. The predicted octanol–water partition coefficient (Wildman–Crippen LogP) is 11.1. The summed E-state index contributed by atoms with van der Waals surface area (Å²) >= 11 is 0. The number of rotatable bonds is 40. The van der Waals surface area contributed by atoms with E-state index in [0.29, 0.717) is 51.1 Å². The molecule has 0 saturated carbocycles. The van der Waals surface area contributed by atoms with Crippen LogP contribution in [0.1, 0.15) is 219 Å². The topological polar surface area (TPSA) is 151 Å². The fourth-order valence-corrected chi connectivity index (χ4v) is 7.82. The van der Waals surface area contributed by atoms with Gasteiger partial charge in [-0.1, -0.05) is 163 Å².